The van der Waals surface area contributed by atoms with Gasteiger partial charge in [-0.05, 0) is 72.6 Å². The van der Waals surface area contributed by atoms with Crippen LogP contribution in [0.15, 0.2) is 36.4 Å². The number of rotatable bonds is 6. The maximum atomic E-state index is 14.7. The molecule has 2 aliphatic carbocycles. The molecule has 2 aliphatic heterocycles. The molecule has 2 aromatic carbocycles. The fourth-order valence-electron chi connectivity index (χ4n) is 8.05. The number of carbonyl (C=O) groups excluding carboxylic acids is 2. The Morgan fingerprint density at radius 1 is 1.08 bits per heavy atom. The Hall–Kier alpha value is -4.05. The summed E-state index contributed by atoms with van der Waals surface area (Å²) in [6.45, 7) is 1.64. The van der Waals surface area contributed by atoms with E-state index in [1.165, 1.54) is 33.2 Å². The van der Waals surface area contributed by atoms with Crippen LogP contribution < -0.4 is 9.46 Å². The largest absolute Gasteiger partial charge is 0.497 e. The van der Waals surface area contributed by atoms with Gasteiger partial charge in [0.15, 0.2) is 0 Å². The molecule has 3 aromatic rings. The molecule has 3 unspecified atom stereocenters. The van der Waals surface area contributed by atoms with Gasteiger partial charge in [0.1, 0.15) is 18.0 Å². The molecule has 254 valence electrons. The third-order valence-corrected chi connectivity index (χ3v) is 12.0. The molecule has 1 saturated heterocycles. The zero-order valence-electron chi connectivity index (χ0n) is 27.9. The molecule has 3 fully saturated rings. The van der Waals surface area contributed by atoms with Gasteiger partial charge in [-0.3, -0.25) is 9.59 Å². The predicted octanol–water partition coefficient (Wildman–Crippen LogP) is 4.22. The number of morpholine rings is 1. The van der Waals surface area contributed by atoms with Crippen LogP contribution >= 0.6 is 0 Å². The average molecular weight is 675 g/mol. The second kappa shape index (κ2) is 12.4. The number of methoxy groups -OCH3 is 2. The van der Waals surface area contributed by atoms with E-state index in [0.717, 1.165) is 63.5 Å². The zero-order chi connectivity index (χ0) is 33.8. The maximum Gasteiger partial charge on any atom is 0.303 e. The topological polar surface area (TPSA) is 119 Å². The number of aromatic nitrogens is 1. The highest BCUT2D eigenvalue weighted by molar-refractivity contribution is 7.87. The van der Waals surface area contributed by atoms with Gasteiger partial charge in [-0.15, -0.1) is 0 Å². The molecule has 3 heterocycles. The molecule has 0 bridgehead atoms. The quantitative estimate of drug-likeness (QED) is 0.389. The Morgan fingerprint density at radius 3 is 2.60 bits per heavy atom. The SMILES string of the molecule is COC#CC1CN(C(=O)C23CC2c2cc(OC)ccc2-c2c(C4CCCCC4)c4ccc(C(=O)NS(=O)(=O)N(C)C)cc4n2C3)CCO1. The molecule has 3 atom stereocenters. The lowest BCUT2D eigenvalue weighted by Crippen LogP contribution is -2.49. The Kier molecular flexibility index (Phi) is 8.42. The van der Waals surface area contributed by atoms with E-state index in [0.29, 0.717) is 38.6 Å². The van der Waals surface area contributed by atoms with Crippen molar-refractivity contribution in [2.45, 2.75) is 63.0 Å². The Balaban J connectivity index is 1.40. The van der Waals surface area contributed by atoms with Crippen molar-refractivity contribution in [2.24, 2.45) is 5.41 Å². The van der Waals surface area contributed by atoms with Gasteiger partial charge in [-0.1, -0.05) is 25.3 Å². The summed E-state index contributed by atoms with van der Waals surface area (Å²) in [5.41, 5.74) is 4.85. The predicted molar refractivity (Wildman–Crippen MR) is 181 cm³/mol. The first-order valence-corrected chi connectivity index (χ1v) is 18.1. The monoisotopic (exact) mass is 674 g/mol. The minimum Gasteiger partial charge on any atom is -0.497 e. The molecule has 1 N–H and O–H groups in total. The lowest BCUT2D eigenvalue weighted by molar-refractivity contribution is -0.143. The first kappa shape index (κ1) is 32.5. The highest BCUT2D eigenvalue weighted by atomic mass is 32.2. The normalized spacial score (nSPS) is 23.6. The van der Waals surface area contributed by atoms with Crippen LogP contribution in [0.4, 0.5) is 0 Å². The first-order valence-electron chi connectivity index (χ1n) is 16.6. The highest BCUT2D eigenvalue weighted by Crippen LogP contribution is 2.66. The summed E-state index contributed by atoms with van der Waals surface area (Å²) in [5.74, 6) is 3.36. The van der Waals surface area contributed by atoms with Crippen molar-refractivity contribution in [1.82, 2.24) is 18.5 Å². The van der Waals surface area contributed by atoms with Gasteiger partial charge in [-0.25, -0.2) is 4.72 Å². The molecular formula is C36H42N4O7S. The summed E-state index contributed by atoms with van der Waals surface area (Å²) >= 11 is 0. The van der Waals surface area contributed by atoms with Crippen molar-refractivity contribution < 1.29 is 32.2 Å². The summed E-state index contributed by atoms with van der Waals surface area (Å²) in [5, 5.41) is 1.04. The van der Waals surface area contributed by atoms with Crippen molar-refractivity contribution in [3.8, 4) is 29.0 Å². The number of hydrogen-bond acceptors (Lipinski definition) is 7. The average Bonchev–Trinajstić information content (AvgIpc) is 3.76. The van der Waals surface area contributed by atoms with Gasteiger partial charge in [0.2, 0.25) is 5.91 Å². The van der Waals surface area contributed by atoms with Gasteiger partial charge >= 0.3 is 10.2 Å². The second-order valence-corrected chi connectivity index (χ2v) is 15.4. The van der Waals surface area contributed by atoms with E-state index in [2.05, 4.69) is 33.4 Å². The van der Waals surface area contributed by atoms with Crippen LogP contribution in [0, 0.1) is 17.4 Å². The van der Waals surface area contributed by atoms with Crippen LogP contribution in [0.3, 0.4) is 0 Å². The van der Waals surface area contributed by atoms with Gasteiger partial charge in [-0.2, -0.15) is 12.7 Å². The van der Waals surface area contributed by atoms with E-state index in [9.17, 15) is 18.0 Å². The minimum absolute atomic E-state index is 0.0210. The van der Waals surface area contributed by atoms with E-state index in [4.69, 9.17) is 14.2 Å². The van der Waals surface area contributed by atoms with Crippen molar-refractivity contribution >= 4 is 32.9 Å². The summed E-state index contributed by atoms with van der Waals surface area (Å²) in [6.07, 6.45) is 8.47. The summed E-state index contributed by atoms with van der Waals surface area (Å²) < 4.78 is 47.0. The molecule has 11 nitrogen and oxygen atoms in total. The van der Waals surface area contributed by atoms with Crippen molar-refractivity contribution in [3.05, 3.63) is 53.1 Å². The number of amides is 2. The van der Waals surface area contributed by atoms with Gasteiger partial charge in [0.25, 0.3) is 5.91 Å². The number of fused-ring (bicyclic) bond motifs is 7. The molecule has 0 spiro atoms. The van der Waals surface area contributed by atoms with Crippen molar-refractivity contribution in [2.75, 3.05) is 48.0 Å². The number of ether oxygens (including phenoxy) is 3. The standard InChI is InChI=1S/C36H42N4O7S/c1-38(2)48(43,44)37-34(41)24-10-12-28-31(18-24)40-22-36(35(42)39-15-17-47-26(21-39)14-16-45-3)20-30(36)29-19-25(46-4)11-13-27(29)33(40)32(28)23-8-6-5-7-9-23/h10-13,18-19,23,26,30H,5-9,15,17,20-22H2,1-4H3,(H,37,41). The van der Waals surface area contributed by atoms with Crippen LogP contribution in [-0.2, 0) is 31.0 Å². The van der Waals surface area contributed by atoms with Crippen molar-refractivity contribution in [3.63, 3.8) is 0 Å². The Labute approximate surface area is 281 Å². The Bertz CT molecular complexity index is 1950. The molecule has 7 rings (SSSR count). The van der Waals surface area contributed by atoms with Gasteiger partial charge in [0.05, 0.1) is 38.5 Å². The summed E-state index contributed by atoms with van der Waals surface area (Å²) in [4.78, 5) is 29.9. The molecule has 48 heavy (non-hydrogen) atoms. The minimum atomic E-state index is -3.99. The second-order valence-electron chi connectivity index (χ2n) is 13.6. The number of carbonyl (C=O) groups is 2. The Morgan fingerprint density at radius 2 is 1.88 bits per heavy atom. The maximum absolute atomic E-state index is 14.7. The molecule has 2 saturated carbocycles. The van der Waals surface area contributed by atoms with E-state index in [1.54, 1.807) is 19.2 Å². The van der Waals surface area contributed by atoms with Crippen LogP contribution in [0.25, 0.3) is 22.2 Å². The number of benzene rings is 2. The van der Waals surface area contributed by atoms with Crippen LogP contribution in [0.1, 0.15) is 71.8 Å². The summed E-state index contributed by atoms with van der Waals surface area (Å²) in [6, 6.07) is 11.6. The molecule has 12 heteroatoms. The molecule has 0 radical (unpaired) electrons. The smallest absolute Gasteiger partial charge is 0.303 e. The molecule has 1 aromatic heterocycles. The molecule has 4 aliphatic rings. The lowest BCUT2D eigenvalue weighted by Gasteiger charge is -2.34. The van der Waals surface area contributed by atoms with Crippen LogP contribution in [-0.4, -0.2) is 88.1 Å². The fraction of sp³-hybridized carbons (Fsp3) is 0.500. The summed E-state index contributed by atoms with van der Waals surface area (Å²) in [7, 11) is 1.92. The van der Waals surface area contributed by atoms with E-state index in [1.807, 2.05) is 17.0 Å². The van der Waals surface area contributed by atoms with Gasteiger partial charge < -0.3 is 23.7 Å². The third kappa shape index (κ3) is 5.51. The van der Waals surface area contributed by atoms with E-state index < -0.39 is 27.6 Å². The van der Waals surface area contributed by atoms with E-state index in [-0.39, 0.29) is 17.4 Å². The van der Waals surface area contributed by atoms with Crippen molar-refractivity contribution in [1.29, 1.82) is 0 Å². The fourth-order valence-corrected chi connectivity index (χ4v) is 8.58. The van der Waals surface area contributed by atoms with Crippen LogP contribution in [0.2, 0.25) is 0 Å². The lowest BCUT2D eigenvalue weighted by atomic mass is 9.81. The third-order valence-electron chi connectivity index (χ3n) is 10.6. The molecule has 2 amide bonds. The number of hydrogen-bond donors (Lipinski definition) is 1. The number of nitrogens with one attached hydrogen (secondary N) is 1. The van der Waals surface area contributed by atoms with Gasteiger partial charge in [0, 0.05) is 55.1 Å². The van der Waals surface area contributed by atoms with Crippen LogP contribution in [0.5, 0.6) is 5.75 Å². The first-order chi connectivity index (χ1) is 23.1. The highest BCUT2D eigenvalue weighted by Gasteiger charge is 2.64. The number of nitrogens with zero attached hydrogens (tertiary/aromatic N) is 3. The van der Waals surface area contributed by atoms with E-state index >= 15 is 0 Å². The zero-order valence-corrected chi connectivity index (χ0v) is 28.7. The molecular weight excluding hydrogens is 632 g/mol.